The highest BCUT2D eigenvalue weighted by Gasteiger charge is 2.29. The number of hydrogen-bond donors (Lipinski definition) is 0. The molecule has 0 amide bonds. The Morgan fingerprint density at radius 1 is 1.05 bits per heavy atom. The number of Topliss-reactive ketones (excluding diaryl/α,β-unsaturated/α-hetero) is 1. The Hall–Kier alpha value is -1.40. The molecular weight excluding hydrogens is 288 g/mol. The molecule has 0 radical (unpaired) electrons. The maximum atomic E-state index is 12.1. The molecule has 1 fully saturated rings. The second kappa shape index (κ2) is 6.15. The molecule has 1 aromatic carbocycles. The topological polar surface area (TPSA) is 57.7 Å². The molecular formula is C15H22N2O3S. The zero-order valence-corrected chi connectivity index (χ0v) is 13.6. The van der Waals surface area contributed by atoms with Crippen LogP contribution < -0.4 is 4.90 Å². The van der Waals surface area contributed by atoms with Crippen LogP contribution in [0.3, 0.4) is 0 Å². The van der Waals surface area contributed by atoms with Crippen LogP contribution >= 0.6 is 0 Å². The zero-order valence-electron chi connectivity index (χ0n) is 12.7. The summed E-state index contributed by atoms with van der Waals surface area (Å²) in [7, 11) is -3.16. The van der Waals surface area contributed by atoms with Gasteiger partial charge in [-0.05, 0) is 45.0 Å². The molecule has 21 heavy (non-hydrogen) atoms. The Bertz CT molecular complexity index is 600. The summed E-state index contributed by atoms with van der Waals surface area (Å²) >= 11 is 0. The summed E-state index contributed by atoms with van der Waals surface area (Å²) < 4.78 is 25.8. The van der Waals surface area contributed by atoms with E-state index in [4.69, 9.17) is 0 Å². The van der Waals surface area contributed by atoms with Crippen LogP contribution in [0.5, 0.6) is 0 Å². The Morgan fingerprint density at radius 2 is 1.57 bits per heavy atom. The molecule has 1 aliphatic rings. The van der Waals surface area contributed by atoms with Crippen LogP contribution in [0.25, 0.3) is 0 Å². The first-order chi connectivity index (χ1) is 9.82. The number of carbonyl (C=O) groups excluding carboxylic acids is 1. The number of piperazine rings is 1. The van der Waals surface area contributed by atoms with E-state index in [0.29, 0.717) is 31.7 Å². The first-order valence-corrected chi connectivity index (χ1v) is 8.67. The van der Waals surface area contributed by atoms with Crippen molar-refractivity contribution in [1.82, 2.24) is 4.31 Å². The van der Waals surface area contributed by atoms with Gasteiger partial charge in [0.25, 0.3) is 0 Å². The molecule has 2 rings (SSSR count). The number of benzene rings is 1. The smallest absolute Gasteiger partial charge is 0.216 e. The molecule has 5 nitrogen and oxygen atoms in total. The van der Waals surface area contributed by atoms with E-state index in [1.54, 1.807) is 25.1 Å². The molecule has 0 aliphatic carbocycles. The lowest BCUT2D eigenvalue weighted by Crippen LogP contribution is -2.50. The van der Waals surface area contributed by atoms with E-state index in [1.807, 2.05) is 24.3 Å². The average molecular weight is 310 g/mol. The molecule has 0 atom stereocenters. The van der Waals surface area contributed by atoms with Crippen LogP contribution in [0.15, 0.2) is 24.3 Å². The number of rotatable bonds is 4. The van der Waals surface area contributed by atoms with Crippen LogP contribution in [-0.4, -0.2) is 49.9 Å². The summed E-state index contributed by atoms with van der Waals surface area (Å²) in [5.74, 6) is 0.0504. The lowest BCUT2D eigenvalue weighted by atomic mass is 10.1. The van der Waals surface area contributed by atoms with Crippen molar-refractivity contribution in [2.45, 2.75) is 26.0 Å². The predicted octanol–water partition coefficient (Wildman–Crippen LogP) is 1.75. The summed E-state index contributed by atoms with van der Waals surface area (Å²) in [6.07, 6.45) is 0. The fourth-order valence-electron chi connectivity index (χ4n) is 2.41. The normalized spacial score (nSPS) is 17.2. The highest BCUT2D eigenvalue weighted by Crippen LogP contribution is 2.19. The summed E-state index contributed by atoms with van der Waals surface area (Å²) in [4.78, 5) is 13.4. The van der Waals surface area contributed by atoms with Crippen molar-refractivity contribution in [3.63, 3.8) is 0 Å². The van der Waals surface area contributed by atoms with E-state index < -0.39 is 10.0 Å². The third kappa shape index (κ3) is 3.44. The van der Waals surface area contributed by atoms with Crippen molar-refractivity contribution in [2.24, 2.45) is 0 Å². The number of ketones is 1. The van der Waals surface area contributed by atoms with Gasteiger partial charge in [-0.25, -0.2) is 8.42 Å². The van der Waals surface area contributed by atoms with Gasteiger partial charge in [-0.3, -0.25) is 4.79 Å². The fourth-order valence-corrected chi connectivity index (χ4v) is 3.67. The van der Waals surface area contributed by atoms with E-state index in [1.165, 1.54) is 0 Å². The molecule has 0 saturated carbocycles. The van der Waals surface area contributed by atoms with Gasteiger partial charge in [-0.1, -0.05) is 0 Å². The maximum Gasteiger partial charge on any atom is 0.216 e. The van der Waals surface area contributed by atoms with Gasteiger partial charge in [0.1, 0.15) is 0 Å². The van der Waals surface area contributed by atoms with Crippen molar-refractivity contribution in [3.8, 4) is 0 Å². The van der Waals surface area contributed by atoms with Gasteiger partial charge in [0.05, 0.1) is 5.25 Å². The van der Waals surface area contributed by atoms with Crippen LogP contribution in [0, 0.1) is 0 Å². The quantitative estimate of drug-likeness (QED) is 0.795. The van der Waals surface area contributed by atoms with Crippen LogP contribution in [0.2, 0.25) is 0 Å². The van der Waals surface area contributed by atoms with E-state index in [0.717, 1.165) is 5.69 Å². The number of nitrogens with zero attached hydrogens (tertiary/aromatic N) is 2. The molecule has 1 saturated heterocycles. The van der Waals surface area contributed by atoms with Crippen molar-refractivity contribution in [1.29, 1.82) is 0 Å². The fraction of sp³-hybridized carbons (Fsp3) is 0.533. The van der Waals surface area contributed by atoms with E-state index in [-0.39, 0.29) is 11.0 Å². The maximum absolute atomic E-state index is 12.1. The SMILES string of the molecule is CC(=O)c1ccc(N2CCN(S(=O)(=O)C(C)C)CC2)cc1. The molecule has 1 aliphatic heterocycles. The molecule has 0 spiro atoms. The third-order valence-electron chi connectivity index (χ3n) is 3.83. The Kier molecular flexibility index (Phi) is 4.68. The van der Waals surface area contributed by atoms with Crippen molar-refractivity contribution in [3.05, 3.63) is 29.8 Å². The molecule has 0 bridgehead atoms. The zero-order chi connectivity index (χ0) is 15.6. The van der Waals surface area contributed by atoms with E-state index >= 15 is 0 Å². The first kappa shape index (κ1) is 16.0. The van der Waals surface area contributed by atoms with Gasteiger partial charge >= 0.3 is 0 Å². The first-order valence-electron chi connectivity index (χ1n) is 7.17. The summed E-state index contributed by atoms with van der Waals surface area (Å²) in [5.41, 5.74) is 1.72. The van der Waals surface area contributed by atoms with Gasteiger partial charge in [-0.15, -0.1) is 0 Å². The monoisotopic (exact) mass is 310 g/mol. The summed E-state index contributed by atoms with van der Waals surface area (Å²) in [6, 6.07) is 7.47. The molecule has 0 aromatic heterocycles. The van der Waals surface area contributed by atoms with Gasteiger partial charge < -0.3 is 4.90 Å². The van der Waals surface area contributed by atoms with Gasteiger partial charge in [-0.2, -0.15) is 4.31 Å². The highest BCUT2D eigenvalue weighted by atomic mass is 32.2. The van der Waals surface area contributed by atoms with Gasteiger partial charge in [0.2, 0.25) is 10.0 Å². The lowest BCUT2D eigenvalue weighted by molar-refractivity contribution is 0.101. The van der Waals surface area contributed by atoms with Gasteiger partial charge in [0.15, 0.2) is 5.78 Å². The summed E-state index contributed by atoms with van der Waals surface area (Å²) in [5, 5.41) is -0.376. The van der Waals surface area contributed by atoms with Crippen LogP contribution in [0.1, 0.15) is 31.1 Å². The largest absolute Gasteiger partial charge is 0.369 e. The minimum Gasteiger partial charge on any atom is -0.369 e. The molecule has 1 heterocycles. The van der Waals surface area contributed by atoms with Crippen LogP contribution in [0.4, 0.5) is 5.69 Å². The van der Waals surface area contributed by atoms with Crippen molar-refractivity contribution < 1.29 is 13.2 Å². The number of hydrogen-bond acceptors (Lipinski definition) is 4. The minimum absolute atomic E-state index is 0.0504. The minimum atomic E-state index is -3.16. The van der Waals surface area contributed by atoms with Crippen molar-refractivity contribution >= 4 is 21.5 Å². The molecule has 116 valence electrons. The Morgan fingerprint density at radius 3 is 2.00 bits per heavy atom. The highest BCUT2D eigenvalue weighted by molar-refractivity contribution is 7.89. The predicted molar refractivity (Wildman–Crippen MR) is 84.3 cm³/mol. The van der Waals surface area contributed by atoms with Crippen LogP contribution in [-0.2, 0) is 10.0 Å². The van der Waals surface area contributed by atoms with E-state index in [9.17, 15) is 13.2 Å². The molecule has 1 aromatic rings. The second-order valence-corrected chi connectivity index (χ2v) is 8.07. The lowest BCUT2D eigenvalue weighted by Gasteiger charge is -2.36. The second-order valence-electron chi connectivity index (χ2n) is 5.58. The number of carbonyl (C=O) groups is 1. The van der Waals surface area contributed by atoms with E-state index in [2.05, 4.69) is 4.90 Å². The third-order valence-corrected chi connectivity index (χ3v) is 6.11. The number of sulfonamides is 1. The average Bonchev–Trinajstić information content (AvgIpc) is 2.47. The molecule has 0 N–H and O–H groups in total. The molecule has 0 unspecified atom stereocenters. The molecule has 6 heteroatoms. The standard InChI is InChI=1S/C15H22N2O3S/c1-12(2)21(19,20)17-10-8-16(9-11-17)15-6-4-14(5-7-15)13(3)18/h4-7,12H,8-11H2,1-3H3. The Balaban J connectivity index is 2.03. The Labute approximate surface area is 126 Å². The van der Waals surface area contributed by atoms with Gasteiger partial charge in [0, 0.05) is 37.4 Å². The number of anilines is 1. The summed E-state index contributed by atoms with van der Waals surface area (Å²) in [6.45, 7) is 7.33. The van der Waals surface area contributed by atoms with Crippen molar-refractivity contribution in [2.75, 3.05) is 31.1 Å².